The molecule has 0 radical (unpaired) electrons. The molecule has 2 aromatic rings. The number of hydrogen-bond donors (Lipinski definition) is 0. The maximum atomic E-state index is 12.9. The third-order valence-corrected chi connectivity index (χ3v) is 7.02. The van der Waals surface area contributed by atoms with Gasteiger partial charge in [-0.15, -0.1) is 0 Å². The fourth-order valence-corrected chi connectivity index (χ4v) is 4.90. The summed E-state index contributed by atoms with van der Waals surface area (Å²) in [5, 5.41) is 4.84. The van der Waals surface area contributed by atoms with E-state index in [-0.39, 0.29) is 29.4 Å². The molecular formula is C19H25ClN4O3S. The number of rotatable bonds is 3. The number of carbonyl (C=O) groups is 1. The first-order chi connectivity index (χ1) is 13.0. The number of aromatic nitrogens is 2. The van der Waals surface area contributed by atoms with Gasteiger partial charge >= 0.3 is 0 Å². The van der Waals surface area contributed by atoms with Gasteiger partial charge < -0.3 is 4.90 Å². The summed E-state index contributed by atoms with van der Waals surface area (Å²) in [6, 6.07) is 6.12. The molecule has 1 saturated heterocycles. The molecule has 3 rings (SSSR count). The average Bonchev–Trinajstić information content (AvgIpc) is 3.03. The van der Waals surface area contributed by atoms with Gasteiger partial charge in [-0.1, -0.05) is 11.6 Å². The van der Waals surface area contributed by atoms with Crippen LogP contribution in [0.25, 0.3) is 0 Å². The van der Waals surface area contributed by atoms with E-state index in [0.717, 1.165) is 5.69 Å². The van der Waals surface area contributed by atoms with E-state index in [0.29, 0.717) is 23.7 Å². The minimum atomic E-state index is -3.60. The van der Waals surface area contributed by atoms with E-state index in [1.165, 1.54) is 16.4 Å². The van der Waals surface area contributed by atoms with Crippen LogP contribution in [0.4, 0.5) is 0 Å². The van der Waals surface area contributed by atoms with Crippen molar-refractivity contribution in [3.05, 3.63) is 46.7 Å². The standard InChI is InChI=1S/C19H25ClN4O3S/c1-14-17(13-21-24(14)19(2,3)4)18(25)22-9-11-23(12-10-22)28(26,27)16-7-5-15(20)6-8-16/h5-8,13H,9-12H2,1-4H3. The van der Waals surface area contributed by atoms with Crippen molar-refractivity contribution >= 4 is 27.5 Å². The van der Waals surface area contributed by atoms with Crippen LogP contribution in [-0.4, -0.2) is 59.5 Å². The summed E-state index contributed by atoms with van der Waals surface area (Å²) in [6.45, 7) is 9.15. The molecule has 0 atom stereocenters. The third kappa shape index (κ3) is 3.94. The summed E-state index contributed by atoms with van der Waals surface area (Å²) in [5.74, 6) is -0.114. The SMILES string of the molecule is Cc1c(C(=O)N2CCN(S(=O)(=O)c3ccc(Cl)cc3)CC2)cnn1C(C)(C)C. The molecule has 2 heterocycles. The Morgan fingerprint density at radius 1 is 1.07 bits per heavy atom. The fourth-order valence-electron chi connectivity index (χ4n) is 3.35. The Morgan fingerprint density at radius 3 is 2.14 bits per heavy atom. The molecule has 9 heteroatoms. The molecule has 0 bridgehead atoms. The molecule has 28 heavy (non-hydrogen) atoms. The number of benzene rings is 1. The summed E-state index contributed by atoms with van der Waals surface area (Å²) in [7, 11) is -3.60. The molecule has 0 aliphatic carbocycles. The van der Waals surface area contributed by atoms with E-state index in [1.807, 2.05) is 32.4 Å². The lowest BCUT2D eigenvalue weighted by molar-refractivity contribution is 0.0697. The Bertz CT molecular complexity index is 970. The van der Waals surface area contributed by atoms with Crippen LogP contribution in [-0.2, 0) is 15.6 Å². The zero-order chi connectivity index (χ0) is 20.7. The fraction of sp³-hybridized carbons (Fsp3) is 0.474. The van der Waals surface area contributed by atoms with Gasteiger partial charge in [0.25, 0.3) is 5.91 Å². The maximum Gasteiger partial charge on any atom is 0.257 e. The largest absolute Gasteiger partial charge is 0.336 e. The first-order valence-electron chi connectivity index (χ1n) is 9.12. The summed E-state index contributed by atoms with van der Waals surface area (Å²) >= 11 is 5.84. The zero-order valence-electron chi connectivity index (χ0n) is 16.5. The number of piperazine rings is 1. The molecule has 1 aliphatic rings. The van der Waals surface area contributed by atoms with Crippen molar-refractivity contribution in [2.24, 2.45) is 0 Å². The molecule has 1 fully saturated rings. The lowest BCUT2D eigenvalue weighted by Crippen LogP contribution is -2.50. The number of sulfonamides is 1. The molecule has 1 aliphatic heterocycles. The quantitative estimate of drug-likeness (QED) is 0.759. The van der Waals surface area contributed by atoms with E-state index in [4.69, 9.17) is 11.6 Å². The van der Waals surface area contributed by atoms with Crippen molar-refractivity contribution < 1.29 is 13.2 Å². The Balaban J connectivity index is 1.71. The van der Waals surface area contributed by atoms with E-state index >= 15 is 0 Å². The van der Waals surface area contributed by atoms with Gasteiger partial charge in [0.15, 0.2) is 0 Å². The number of hydrogen-bond acceptors (Lipinski definition) is 4. The lowest BCUT2D eigenvalue weighted by Gasteiger charge is -2.34. The normalized spacial score (nSPS) is 16.4. The second-order valence-electron chi connectivity index (χ2n) is 7.88. The molecule has 0 spiro atoms. The number of nitrogens with zero attached hydrogens (tertiary/aromatic N) is 4. The molecule has 152 valence electrons. The van der Waals surface area contributed by atoms with Crippen molar-refractivity contribution in [3.63, 3.8) is 0 Å². The van der Waals surface area contributed by atoms with E-state index in [1.54, 1.807) is 23.2 Å². The first kappa shape index (κ1) is 20.8. The highest BCUT2D eigenvalue weighted by molar-refractivity contribution is 7.89. The van der Waals surface area contributed by atoms with Crippen LogP contribution >= 0.6 is 11.6 Å². The average molecular weight is 425 g/mol. The van der Waals surface area contributed by atoms with E-state index < -0.39 is 10.0 Å². The molecule has 1 aromatic carbocycles. The van der Waals surface area contributed by atoms with Gasteiger partial charge in [-0.05, 0) is 52.0 Å². The van der Waals surface area contributed by atoms with Gasteiger partial charge in [-0.2, -0.15) is 9.40 Å². The van der Waals surface area contributed by atoms with Gasteiger partial charge in [-0.25, -0.2) is 8.42 Å². The first-order valence-corrected chi connectivity index (χ1v) is 10.9. The van der Waals surface area contributed by atoms with Crippen LogP contribution in [0.1, 0.15) is 36.8 Å². The lowest BCUT2D eigenvalue weighted by atomic mass is 10.1. The minimum Gasteiger partial charge on any atom is -0.336 e. The van der Waals surface area contributed by atoms with Crippen LogP contribution in [0.5, 0.6) is 0 Å². The summed E-state index contributed by atoms with van der Waals surface area (Å²) in [5.41, 5.74) is 1.16. The maximum absolute atomic E-state index is 12.9. The van der Waals surface area contributed by atoms with E-state index in [2.05, 4.69) is 5.10 Å². The smallest absolute Gasteiger partial charge is 0.257 e. The van der Waals surface area contributed by atoms with Gasteiger partial charge in [-0.3, -0.25) is 9.48 Å². The Morgan fingerprint density at radius 2 is 1.64 bits per heavy atom. The van der Waals surface area contributed by atoms with Crippen LogP contribution in [0.15, 0.2) is 35.4 Å². The van der Waals surface area contributed by atoms with Crippen LogP contribution in [0.3, 0.4) is 0 Å². The zero-order valence-corrected chi connectivity index (χ0v) is 18.1. The highest BCUT2D eigenvalue weighted by atomic mass is 35.5. The second-order valence-corrected chi connectivity index (χ2v) is 10.3. The molecule has 1 amide bonds. The number of amides is 1. The van der Waals surface area contributed by atoms with Crippen molar-refractivity contribution in [2.45, 2.75) is 38.1 Å². The molecular weight excluding hydrogens is 400 g/mol. The van der Waals surface area contributed by atoms with Crippen LogP contribution in [0, 0.1) is 6.92 Å². The molecule has 0 saturated carbocycles. The molecule has 7 nitrogen and oxygen atoms in total. The van der Waals surface area contributed by atoms with Gasteiger partial charge in [0.05, 0.1) is 22.2 Å². The summed E-state index contributed by atoms with van der Waals surface area (Å²) in [6.07, 6.45) is 1.60. The van der Waals surface area contributed by atoms with Gasteiger partial charge in [0.1, 0.15) is 0 Å². The Labute approximate surface area is 170 Å². The van der Waals surface area contributed by atoms with Crippen molar-refractivity contribution in [1.82, 2.24) is 19.0 Å². The third-order valence-electron chi connectivity index (χ3n) is 4.85. The van der Waals surface area contributed by atoms with Gasteiger partial charge in [0.2, 0.25) is 10.0 Å². The topological polar surface area (TPSA) is 75.5 Å². The number of carbonyl (C=O) groups excluding carboxylic acids is 1. The Hall–Kier alpha value is -1.90. The van der Waals surface area contributed by atoms with Gasteiger partial charge in [0, 0.05) is 36.9 Å². The predicted octanol–water partition coefficient (Wildman–Crippen LogP) is 2.75. The second kappa shape index (κ2) is 7.50. The number of halogens is 1. The molecule has 0 unspecified atom stereocenters. The monoisotopic (exact) mass is 424 g/mol. The highest BCUT2D eigenvalue weighted by Gasteiger charge is 2.32. The summed E-state index contributed by atoms with van der Waals surface area (Å²) < 4.78 is 28.8. The molecule has 1 aromatic heterocycles. The van der Waals surface area contributed by atoms with Crippen LogP contribution < -0.4 is 0 Å². The van der Waals surface area contributed by atoms with Crippen molar-refractivity contribution in [2.75, 3.05) is 26.2 Å². The Kier molecular flexibility index (Phi) is 5.58. The van der Waals surface area contributed by atoms with E-state index in [9.17, 15) is 13.2 Å². The summed E-state index contributed by atoms with van der Waals surface area (Å²) in [4.78, 5) is 14.8. The van der Waals surface area contributed by atoms with Crippen LogP contribution in [0.2, 0.25) is 5.02 Å². The minimum absolute atomic E-state index is 0.114. The molecule has 0 N–H and O–H groups in total. The predicted molar refractivity (Wildman–Crippen MR) is 108 cm³/mol. The highest BCUT2D eigenvalue weighted by Crippen LogP contribution is 2.22. The van der Waals surface area contributed by atoms with Crippen molar-refractivity contribution in [1.29, 1.82) is 0 Å². The van der Waals surface area contributed by atoms with Crippen molar-refractivity contribution in [3.8, 4) is 0 Å².